The van der Waals surface area contributed by atoms with Gasteiger partial charge >= 0.3 is 14.7 Å². The second kappa shape index (κ2) is 5.98. The van der Waals surface area contributed by atoms with Gasteiger partial charge in [0.2, 0.25) is 0 Å². The lowest BCUT2D eigenvalue weighted by molar-refractivity contribution is 0.0754. The van der Waals surface area contributed by atoms with Crippen molar-refractivity contribution in [2.75, 3.05) is 0 Å². The lowest BCUT2D eigenvalue weighted by Gasteiger charge is -2.15. The van der Waals surface area contributed by atoms with Gasteiger partial charge in [0, 0.05) is 0 Å². The van der Waals surface area contributed by atoms with Crippen LogP contribution in [0.5, 0.6) is 0 Å². The Kier molecular flexibility index (Phi) is 4.31. The first-order chi connectivity index (χ1) is 9.56. The largest absolute Gasteiger partial charge is 0.398 e. The molecule has 4 heteroatoms. The van der Waals surface area contributed by atoms with Gasteiger partial charge in [0.25, 0.3) is 0 Å². The average Bonchev–Trinajstić information content (AvgIpc) is 2.39. The van der Waals surface area contributed by atoms with E-state index in [0.29, 0.717) is 5.56 Å². The van der Waals surface area contributed by atoms with Gasteiger partial charge in [0.1, 0.15) is 0 Å². The highest BCUT2D eigenvalue weighted by Gasteiger charge is 2.19. The smallest absolute Gasteiger partial charge is 0.369 e. The Labute approximate surface area is 119 Å². The summed E-state index contributed by atoms with van der Waals surface area (Å²) in [6, 6.07) is 11.8. The number of rotatable bonds is 3. The Morgan fingerprint density at radius 3 is 2.30 bits per heavy atom. The molecule has 0 spiro atoms. The number of carbonyl (C=O) groups is 1. The minimum absolute atomic E-state index is 0.484. The summed E-state index contributed by atoms with van der Waals surface area (Å²) in [6.45, 7) is 5.76. The van der Waals surface area contributed by atoms with Crippen LogP contribution in [0, 0.1) is 20.8 Å². The van der Waals surface area contributed by atoms with Crippen LogP contribution < -0.4 is 0 Å². The molecule has 20 heavy (non-hydrogen) atoms. The van der Waals surface area contributed by atoms with Gasteiger partial charge < -0.3 is 4.52 Å². The highest BCUT2D eigenvalue weighted by molar-refractivity contribution is 7.18. The fraction of sp³-hybridized carbons (Fsp3) is 0.188. The molecule has 0 aliphatic carbocycles. The van der Waals surface area contributed by atoms with E-state index in [4.69, 9.17) is 0 Å². The summed E-state index contributed by atoms with van der Waals surface area (Å²) < 4.78 is 15.1. The summed E-state index contributed by atoms with van der Waals surface area (Å²) in [6.07, 6.45) is 0. The zero-order valence-electron chi connectivity index (χ0n) is 11.6. The molecule has 0 atom stereocenters. The van der Waals surface area contributed by atoms with E-state index in [2.05, 4.69) is 4.52 Å². The summed E-state index contributed by atoms with van der Waals surface area (Å²) in [4.78, 5) is 12.0. The molecule has 0 aliphatic heterocycles. The Morgan fingerprint density at radius 1 is 1.05 bits per heavy atom. The molecule has 0 bridgehead atoms. The minimum atomic E-state index is -0.627. The lowest BCUT2D eigenvalue weighted by atomic mass is 9.89. The van der Waals surface area contributed by atoms with E-state index in [0.717, 1.165) is 27.8 Å². The van der Waals surface area contributed by atoms with Crippen LogP contribution in [0.4, 0.5) is 0 Å². The SMILES string of the molecule is Cc1cc(C)c(-c2ccccc2)c(C)c1C(=O)OP=O. The van der Waals surface area contributed by atoms with Gasteiger partial charge in [-0.25, -0.2) is 9.36 Å². The van der Waals surface area contributed by atoms with E-state index in [1.807, 2.05) is 57.2 Å². The molecule has 0 amide bonds. The van der Waals surface area contributed by atoms with Crippen molar-refractivity contribution in [1.29, 1.82) is 0 Å². The van der Waals surface area contributed by atoms with Crippen LogP contribution >= 0.6 is 8.69 Å². The van der Waals surface area contributed by atoms with Crippen molar-refractivity contribution in [2.24, 2.45) is 0 Å². The standard InChI is InChI=1S/C16H15O3P/c1-10-9-11(2)15(16(17)19-20-18)12(3)14(10)13-7-5-4-6-8-13/h4-9H,1-3H3. The molecule has 102 valence electrons. The summed E-state index contributed by atoms with van der Waals surface area (Å²) in [5, 5.41) is 0. The zero-order valence-corrected chi connectivity index (χ0v) is 12.5. The van der Waals surface area contributed by atoms with Crippen molar-refractivity contribution in [3.63, 3.8) is 0 Å². The fourth-order valence-electron chi connectivity index (χ4n) is 2.63. The second-order valence-corrected chi connectivity index (χ2v) is 5.04. The van der Waals surface area contributed by atoms with Crippen molar-refractivity contribution < 1.29 is 13.9 Å². The number of aryl methyl sites for hydroxylation is 2. The van der Waals surface area contributed by atoms with Gasteiger partial charge in [-0.15, -0.1) is 0 Å². The number of benzene rings is 2. The van der Waals surface area contributed by atoms with Crippen LogP contribution in [0.2, 0.25) is 0 Å². The maximum atomic E-state index is 12.0. The summed E-state index contributed by atoms with van der Waals surface area (Å²) in [5.74, 6) is -0.561. The molecule has 0 fully saturated rings. The van der Waals surface area contributed by atoms with Crippen molar-refractivity contribution >= 4 is 14.7 Å². The molecule has 2 rings (SSSR count). The predicted octanol–water partition coefficient (Wildman–Crippen LogP) is 4.64. The van der Waals surface area contributed by atoms with Crippen molar-refractivity contribution in [1.82, 2.24) is 0 Å². The Morgan fingerprint density at radius 2 is 1.70 bits per heavy atom. The third-order valence-electron chi connectivity index (χ3n) is 3.36. The maximum absolute atomic E-state index is 12.0. The summed E-state index contributed by atoms with van der Waals surface area (Å²) >= 11 is 0. The molecule has 0 aromatic heterocycles. The molecule has 2 aromatic rings. The predicted molar refractivity (Wildman–Crippen MR) is 79.1 cm³/mol. The molecule has 0 aliphatic rings. The topological polar surface area (TPSA) is 43.4 Å². The Bertz CT molecular complexity index is 663. The quantitative estimate of drug-likeness (QED) is 0.772. The molecule has 0 saturated heterocycles. The number of carbonyl (C=O) groups excluding carboxylic acids is 1. The molecule has 0 radical (unpaired) electrons. The van der Waals surface area contributed by atoms with Crippen molar-refractivity contribution in [2.45, 2.75) is 20.8 Å². The molecule has 2 aromatic carbocycles. The molecular weight excluding hydrogens is 271 g/mol. The lowest BCUT2D eigenvalue weighted by Crippen LogP contribution is -2.07. The van der Waals surface area contributed by atoms with Gasteiger partial charge in [0.15, 0.2) is 0 Å². The first-order valence-electron chi connectivity index (χ1n) is 6.26. The van der Waals surface area contributed by atoms with Crippen molar-refractivity contribution in [3.05, 3.63) is 58.7 Å². The van der Waals surface area contributed by atoms with E-state index < -0.39 is 14.7 Å². The first kappa shape index (κ1) is 14.4. The van der Waals surface area contributed by atoms with Crippen LogP contribution in [0.15, 0.2) is 36.4 Å². The van der Waals surface area contributed by atoms with Crippen LogP contribution in [-0.4, -0.2) is 5.97 Å². The van der Waals surface area contributed by atoms with Gasteiger partial charge in [0.05, 0.1) is 5.56 Å². The van der Waals surface area contributed by atoms with E-state index in [1.165, 1.54) is 0 Å². The molecule has 0 heterocycles. The molecular formula is C16H15O3P. The van der Waals surface area contributed by atoms with Crippen LogP contribution in [-0.2, 0) is 9.09 Å². The molecule has 0 saturated carbocycles. The highest BCUT2D eigenvalue weighted by Crippen LogP contribution is 2.32. The third-order valence-corrected chi connectivity index (χ3v) is 3.60. The minimum Gasteiger partial charge on any atom is -0.369 e. The zero-order chi connectivity index (χ0) is 14.7. The van der Waals surface area contributed by atoms with E-state index in [-0.39, 0.29) is 0 Å². The van der Waals surface area contributed by atoms with Crippen molar-refractivity contribution in [3.8, 4) is 11.1 Å². The normalized spacial score (nSPS) is 10.6. The second-order valence-electron chi connectivity index (χ2n) is 4.70. The van der Waals surface area contributed by atoms with E-state index in [9.17, 15) is 9.36 Å². The van der Waals surface area contributed by atoms with E-state index in [1.54, 1.807) is 0 Å². The number of hydrogen-bond acceptors (Lipinski definition) is 3. The van der Waals surface area contributed by atoms with Crippen LogP contribution in [0.3, 0.4) is 0 Å². The van der Waals surface area contributed by atoms with Gasteiger partial charge in [-0.2, -0.15) is 0 Å². The molecule has 0 unspecified atom stereocenters. The molecule has 0 N–H and O–H groups in total. The third kappa shape index (κ3) is 2.63. The monoisotopic (exact) mass is 286 g/mol. The average molecular weight is 286 g/mol. The summed E-state index contributed by atoms with van der Waals surface area (Å²) in [7, 11) is -0.627. The number of hydrogen-bond donors (Lipinski definition) is 0. The van der Waals surface area contributed by atoms with Crippen LogP contribution in [0.1, 0.15) is 27.0 Å². The fourth-order valence-corrected chi connectivity index (χ4v) is 2.79. The maximum Gasteiger partial charge on any atom is 0.398 e. The first-order valence-corrected chi connectivity index (χ1v) is 6.99. The van der Waals surface area contributed by atoms with Gasteiger partial charge in [-0.3, -0.25) is 0 Å². The highest BCUT2D eigenvalue weighted by atomic mass is 31.1. The Hall–Kier alpha value is -1.99. The van der Waals surface area contributed by atoms with Gasteiger partial charge in [-0.1, -0.05) is 36.4 Å². The van der Waals surface area contributed by atoms with Gasteiger partial charge in [-0.05, 0) is 48.6 Å². The Balaban J connectivity index is 2.68. The van der Waals surface area contributed by atoms with Crippen LogP contribution in [0.25, 0.3) is 11.1 Å². The summed E-state index contributed by atoms with van der Waals surface area (Å²) in [5.41, 5.74) is 5.33. The molecule has 3 nitrogen and oxygen atoms in total. The van der Waals surface area contributed by atoms with E-state index >= 15 is 0 Å².